The second-order valence-electron chi connectivity index (χ2n) is 5.92. The summed E-state index contributed by atoms with van der Waals surface area (Å²) in [5.41, 5.74) is 5.88. The second kappa shape index (κ2) is 9.30. The van der Waals surface area contributed by atoms with Crippen molar-refractivity contribution in [3.63, 3.8) is 0 Å². The highest BCUT2D eigenvalue weighted by Crippen LogP contribution is 2.29. The van der Waals surface area contributed by atoms with E-state index in [1.54, 1.807) is 6.92 Å². The van der Waals surface area contributed by atoms with Crippen molar-refractivity contribution in [3.05, 3.63) is 0 Å². The molecule has 21 heavy (non-hydrogen) atoms. The number of rotatable bonds is 8. The van der Waals surface area contributed by atoms with Gasteiger partial charge in [-0.05, 0) is 44.3 Å². The van der Waals surface area contributed by atoms with Crippen molar-refractivity contribution in [3.8, 4) is 0 Å². The third-order valence-corrected chi connectivity index (χ3v) is 4.90. The normalized spacial score (nSPS) is 21.1. The van der Waals surface area contributed by atoms with Gasteiger partial charge in [-0.2, -0.15) is 11.8 Å². The van der Waals surface area contributed by atoms with Crippen LogP contribution in [-0.4, -0.2) is 41.6 Å². The molecule has 0 radical (unpaired) electrons. The Morgan fingerprint density at radius 1 is 1.43 bits per heavy atom. The molecule has 0 spiro atoms. The van der Waals surface area contributed by atoms with Crippen LogP contribution >= 0.6 is 11.8 Å². The Balaban J connectivity index is 2.58. The molecule has 0 aliphatic carbocycles. The smallest absolute Gasteiger partial charge is 0.328 e. The van der Waals surface area contributed by atoms with Crippen LogP contribution in [0.15, 0.2) is 0 Å². The predicted octanol–water partition coefficient (Wildman–Crippen LogP) is 1.69. The van der Waals surface area contributed by atoms with E-state index in [-0.39, 0.29) is 11.9 Å². The molecule has 0 saturated carbocycles. The molecule has 1 rings (SSSR count). The highest BCUT2D eigenvalue weighted by molar-refractivity contribution is 8.00. The molecule has 5 nitrogen and oxygen atoms in total. The summed E-state index contributed by atoms with van der Waals surface area (Å²) >= 11 is 1.86. The van der Waals surface area contributed by atoms with Gasteiger partial charge >= 0.3 is 5.97 Å². The first-order valence-electron chi connectivity index (χ1n) is 7.78. The highest BCUT2D eigenvalue weighted by atomic mass is 32.2. The molecule has 1 aliphatic heterocycles. The molecule has 0 aromatic carbocycles. The van der Waals surface area contributed by atoms with Crippen molar-refractivity contribution in [2.24, 2.45) is 11.7 Å². The van der Waals surface area contributed by atoms with Crippen molar-refractivity contribution < 1.29 is 14.3 Å². The van der Waals surface area contributed by atoms with E-state index in [1.165, 1.54) is 6.42 Å². The van der Waals surface area contributed by atoms with E-state index in [0.717, 1.165) is 12.2 Å². The summed E-state index contributed by atoms with van der Waals surface area (Å²) in [5, 5.41) is 3.20. The largest absolute Gasteiger partial charge is 0.464 e. The number of nitrogens with two attached hydrogens (primary N) is 1. The third-order valence-electron chi connectivity index (χ3n) is 3.47. The molecule has 122 valence electrons. The molecule has 3 N–H and O–H groups in total. The minimum absolute atomic E-state index is 0.259. The SMILES string of the molecule is CCOC(=O)[C@H](C[C@H]1CCCS1)NC(=O)[C@@H](N)CC(C)C. The van der Waals surface area contributed by atoms with Gasteiger partial charge in [-0.1, -0.05) is 13.8 Å². The van der Waals surface area contributed by atoms with Gasteiger partial charge in [0.15, 0.2) is 0 Å². The van der Waals surface area contributed by atoms with Crippen molar-refractivity contribution in [1.82, 2.24) is 5.32 Å². The summed E-state index contributed by atoms with van der Waals surface area (Å²) < 4.78 is 5.07. The van der Waals surface area contributed by atoms with Gasteiger partial charge < -0.3 is 15.8 Å². The molecule has 1 aliphatic rings. The standard InChI is InChI=1S/C15H28N2O3S/c1-4-20-15(19)13(9-11-6-5-7-21-11)17-14(18)12(16)8-10(2)3/h10-13H,4-9,16H2,1-3H3,(H,17,18)/t11-,12+,13+/m1/s1. The summed E-state index contributed by atoms with van der Waals surface area (Å²) in [6.07, 6.45) is 3.50. The maximum atomic E-state index is 12.1. The molecular weight excluding hydrogens is 288 g/mol. The fourth-order valence-corrected chi connectivity index (χ4v) is 3.77. The fourth-order valence-electron chi connectivity index (χ4n) is 2.44. The van der Waals surface area contributed by atoms with Crippen LogP contribution in [0.5, 0.6) is 0 Å². The lowest BCUT2D eigenvalue weighted by Crippen LogP contribution is -2.50. The zero-order chi connectivity index (χ0) is 15.8. The maximum Gasteiger partial charge on any atom is 0.328 e. The van der Waals surface area contributed by atoms with Gasteiger partial charge in [0.1, 0.15) is 6.04 Å². The van der Waals surface area contributed by atoms with E-state index in [0.29, 0.717) is 30.6 Å². The summed E-state index contributed by atoms with van der Waals surface area (Å²) in [6, 6.07) is -1.15. The molecule has 0 bridgehead atoms. The highest BCUT2D eigenvalue weighted by Gasteiger charge is 2.29. The first-order chi connectivity index (χ1) is 9.93. The number of esters is 1. The van der Waals surface area contributed by atoms with Gasteiger partial charge in [-0.15, -0.1) is 0 Å². The van der Waals surface area contributed by atoms with E-state index < -0.39 is 12.1 Å². The van der Waals surface area contributed by atoms with Crippen LogP contribution in [-0.2, 0) is 14.3 Å². The van der Waals surface area contributed by atoms with E-state index >= 15 is 0 Å². The zero-order valence-corrected chi connectivity index (χ0v) is 14.1. The topological polar surface area (TPSA) is 81.4 Å². The first-order valence-corrected chi connectivity index (χ1v) is 8.83. The van der Waals surface area contributed by atoms with Gasteiger partial charge in [-0.25, -0.2) is 4.79 Å². The molecule has 0 unspecified atom stereocenters. The number of ether oxygens (including phenoxy) is 1. The van der Waals surface area contributed by atoms with Gasteiger partial charge in [0.25, 0.3) is 0 Å². The summed E-state index contributed by atoms with van der Waals surface area (Å²) in [7, 11) is 0. The average Bonchev–Trinajstić information content (AvgIpc) is 2.90. The molecule has 3 atom stereocenters. The Labute approximate surface area is 131 Å². The minimum Gasteiger partial charge on any atom is -0.464 e. The van der Waals surface area contributed by atoms with E-state index in [1.807, 2.05) is 25.6 Å². The fraction of sp³-hybridized carbons (Fsp3) is 0.867. The molecule has 1 fully saturated rings. The van der Waals surface area contributed by atoms with Crippen LogP contribution in [0.1, 0.15) is 46.5 Å². The van der Waals surface area contributed by atoms with Gasteiger partial charge in [0.05, 0.1) is 12.6 Å². The van der Waals surface area contributed by atoms with Gasteiger partial charge in [-0.3, -0.25) is 4.79 Å². The number of carbonyl (C=O) groups is 2. The Bertz CT molecular complexity index is 344. The second-order valence-corrected chi connectivity index (χ2v) is 7.33. The number of hydrogen-bond acceptors (Lipinski definition) is 5. The maximum absolute atomic E-state index is 12.1. The Morgan fingerprint density at radius 2 is 2.14 bits per heavy atom. The lowest BCUT2D eigenvalue weighted by molar-refractivity contribution is -0.147. The van der Waals surface area contributed by atoms with Crippen LogP contribution in [0.4, 0.5) is 0 Å². The van der Waals surface area contributed by atoms with Crippen molar-refractivity contribution in [2.45, 2.75) is 63.8 Å². The summed E-state index contributed by atoms with van der Waals surface area (Å²) in [4.78, 5) is 24.1. The van der Waals surface area contributed by atoms with Gasteiger partial charge in [0.2, 0.25) is 5.91 Å². The predicted molar refractivity (Wildman–Crippen MR) is 86.1 cm³/mol. The van der Waals surface area contributed by atoms with E-state index in [2.05, 4.69) is 5.32 Å². The van der Waals surface area contributed by atoms with E-state index in [4.69, 9.17) is 10.5 Å². The first kappa shape index (κ1) is 18.3. The molecule has 0 aromatic rings. The Morgan fingerprint density at radius 3 is 2.67 bits per heavy atom. The monoisotopic (exact) mass is 316 g/mol. The van der Waals surface area contributed by atoms with Crippen LogP contribution in [0.25, 0.3) is 0 Å². The third kappa shape index (κ3) is 6.70. The molecule has 1 heterocycles. The number of amides is 1. The van der Waals surface area contributed by atoms with Crippen molar-refractivity contribution >= 4 is 23.6 Å². The zero-order valence-electron chi connectivity index (χ0n) is 13.3. The molecule has 6 heteroatoms. The Hall–Kier alpha value is -0.750. The number of nitrogens with one attached hydrogen (secondary N) is 1. The van der Waals surface area contributed by atoms with Crippen molar-refractivity contribution in [1.29, 1.82) is 0 Å². The molecule has 0 aromatic heterocycles. The lowest BCUT2D eigenvalue weighted by atomic mass is 10.0. The number of thioether (sulfide) groups is 1. The molecule has 1 amide bonds. The molecule has 1 saturated heterocycles. The quantitative estimate of drug-likeness (QED) is 0.666. The summed E-state index contributed by atoms with van der Waals surface area (Å²) in [5.74, 6) is 0.859. The van der Waals surface area contributed by atoms with Crippen molar-refractivity contribution in [2.75, 3.05) is 12.4 Å². The Kier molecular flexibility index (Phi) is 8.11. The lowest BCUT2D eigenvalue weighted by Gasteiger charge is -2.22. The minimum atomic E-state index is -0.578. The summed E-state index contributed by atoms with van der Waals surface area (Å²) in [6.45, 7) is 6.13. The van der Waals surface area contributed by atoms with Crippen LogP contribution < -0.4 is 11.1 Å². The van der Waals surface area contributed by atoms with Crippen LogP contribution in [0.3, 0.4) is 0 Å². The average molecular weight is 316 g/mol. The van der Waals surface area contributed by atoms with Gasteiger partial charge in [0, 0.05) is 5.25 Å². The molecular formula is C15H28N2O3S. The number of hydrogen-bond donors (Lipinski definition) is 2. The van der Waals surface area contributed by atoms with Crippen LogP contribution in [0, 0.1) is 5.92 Å². The van der Waals surface area contributed by atoms with Crippen LogP contribution in [0.2, 0.25) is 0 Å². The van der Waals surface area contributed by atoms with E-state index in [9.17, 15) is 9.59 Å². The number of carbonyl (C=O) groups excluding carboxylic acids is 2.